The number of fused-ring (bicyclic) bond motifs is 1. The van der Waals surface area contributed by atoms with Crippen molar-refractivity contribution >= 4 is 0 Å². The third-order valence-electron chi connectivity index (χ3n) is 2.97. The fourth-order valence-electron chi connectivity index (χ4n) is 1.79. The summed E-state index contributed by atoms with van der Waals surface area (Å²) < 4.78 is 15.8. The van der Waals surface area contributed by atoms with E-state index in [1.54, 1.807) is 26.0 Å². The summed E-state index contributed by atoms with van der Waals surface area (Å²) in [7, 11) is 1.52. The van der Waals surface area contributed by atoms with Crippen molar-refractivity contribution in [1.29, 1.82) is 5.26 Å². The number of ether oxygens (including phenoxy) is 3. The lowest BCUT2D eigenvalue weighted by molar-refractivity contribution is 0.0863. The first kappa shape index (κ1) is 12.5. The third-order valence-corrected chi connectivity index (χ3v) is 2.97. The van der Waals surface area contributed by atoms with Crippen LogP contribution in [0, 0.1) is 16.7 Å². The first-order valence-corrected chi connectivity index (χ1v) is 5.56. The van der Waals surface area contributed by atoms with Gasteiger partial charge in [0.25, 0.3) is 0 Å². The van der Waals surface area contributed by atoms with Crippen molar-refractivity contribution in [2.24, 2.45) is 5.41 Å². The van der Waals surface area contributed by atoms with Crippen LogP contribution in [0.15, 0.2) is 12.1 Å². The molecule has 1 N–H and O–H groups in total. The number of benzene rings is 1. The average Bonchev–Trinajstić information content (AvgIpc) is 2.84. The van der Waals surface area contributed by atoms with E-state index in [1.807, 2.05) is 0 Å². The van der Waals surface area contributed by atoms with Crippen molar-refractivity contribution in [2.75, 3.05) is 13.9 Å². The highest BCUT2D eigenvalue weighted by molar-refractivity contribution is 5.55. The van der Waals surface area contributed by atoms with Gasteiger partial charge >= 0.3 is 0 Å². The van der Waals surface area contributed by atoms with Gasteiger partial charge in [0.15, 0.2) is 11.5 Å². The quantitative estimate of drug-likeness (QED) is 0.887. The Balaban J connectivity index is 2.45. The standard InChI is InChI=1S/C13H15NO4/c1-13(2,6-14)12(15)8-4-9(16-3)11-10(5-8)17-7-18-11/h4-5,12,15H,7H2,1-3H3. The van der Waals surface area contributed by atoms with E-state index in [0.29, 0.717) is 22.8 Å². The first-order chi connectivity index (χ1) is 8.49. The van der Waals surface area contributed by atoms with Crippen molar-refractivity contribution in [3.05, 3.63) is 17.7 Å². The van der Waals surface area contributed by atoms with Crippen LogP contribution >= 0.6 is 0 Å². The highest BCUT2D eigenvalue weighted by Crippen LogP contribution is 2.45. The molecule has 0 bridgehead atoms. The van der Waals surface area contributed by atoms with Crippen LogP contribution in [0.3, 0.4) is 0 Å². The highest BCUT2D eigenvalue weighted by Gasteiger charge is 2.31. The molecule has 1 heterocycles. The maximum atomic E-state index is 10.2. The summed E-state index contributed by atoms with van der Waals surface area (Å²) in [4.78, 5) is 0. The Bertz CT molecular complexity index is 504. The normalized spacial score (nSPS) is 15.1. The predicted molar refractivity (Wildman–Crippen MR) is 63.5 cm³/mol. The van der Waals surface area contributed by atoms with Gasteiger partial charge in [-0.1, -0.05) is 0 Å². The number of aliphatic hydroxyl groups excluding tert-OH is 1. The van der Waals surface area contributed by atoms with Gasteiger partial charge in [0, 0.05) is 0 Å². The number of nitriles is 1. The Kier molecular flexibility index (Phi) is 3.05. The van der Waals surface area contributed by atoms with Gasteiger partial charge in [0.2, 0.25) is 12.5 Å². The Labute approximate surface area is 106 Å². The molecule has 1 unspecified atom stereocenters. The van der Waals surface area contributed by atoms with Crippen molar-refractivity contribution in [3.8, 4) is 23.3 Å². The van der Waals surface area contributed by atoms with Crippen LogP contribution in [-0.2, 0) is 0 Å². The van der Waals surface area contributed by atoms with Crippen molar-refractivity contribution < 1.29 is 19.3 Å². The Morgan fingerprint density at radius 3 is 2.78 bits per heavy atom. The summed E-state index contributed by atoms with van der Waals surface area (Å²) in [6, 6.07) is 5.42. The molecule has 96 valence electrons. The summed E-state index contributed by atoms with van der Waals surface area (Å²) in [5, 5.41) is 19.3. The monoisotopic (exact) mass is 249 g/mol. The molecule has 5 nitrogen and oxygen atoms in total. The number of aliphatic hydroxyl groups is 1. The van der Waals surface area contributed by atoms with Crippen molar-refractivity contribution in [3.63, 3.8) is 0 Å². The molecule has 0 aromatic heterocycles. The summed E-state index contributed by atoms with van der Waals surface area (Å²) in [5.74, 6) is 1.55. The van der Waals surface area contributed by atoms with E-state index >= 15 is 0 Å². The second kappa shape index (κ2) is 4.39. The molecular weight excluding hydrogens is 234 g/mol. The maximum absolute atomic E-state index is 10.2. The SMILES string of the molecule is COc1cc(C(O)C(C)(C)C#N)cc2c1OCO2. The van der Waals surface area contributed by atoms with E-state index in [1.165, 1.54) is 7.11 Å². The lowest BCUT2D eigenvalue weighted by Crippen LogP contribution is -2.19. The molecule has 1 aromatic carbocycles. The minimum atomic E-state index is -0.925. The maximum Gasteiger partial charge on any atom is 0.231 e. The van der Waals surface area contributed by atoms with Crippen molar-refractivity contribution in [2.45, 2.75) is 20.0 Å². The van der Waals surface area contributed by atoms with Crippen LogP contribution in [0.5, 0.6) is 17.2 Å². The van der Waals surface area contributed by atoms with E-state index < -0.39 is 11.5 Å². The molecule has 1 atom stereocenters. The molecule has 0 radical (unpaired) electrons. The molecule has 0 amide bonds. The average molecular weight is 249 g/mol. The van der Waals surface area contributed by atoms with Crippen molar-refractivity contribution in [1.82, 2.24) is 0 Å². The Hall–Kier alpha value is -1.93. The van der Waals surface area contributed by atoms with Crippen LogP contribution in [0.25, 0.3) is 0 Å². The van der Waals surface area contributed by atoms with E-state index in [4.69, 9.17) is 19.5 Å². The molecule has 1 aromatic rings. The molecule has 18 heavy (non-hydrogen) atoms. The summed E-state index contributed by atoms with van der Waals surface area (Å²) in [6.07, 6.45) is -0.925. The third kappa shape index (κ3) is 1.95. The highest BCUT2D eigenvalue weighted by atomic mass is 16.7. The minimum absolute atomic E-state index is 0.132. The van der Waals surface area contributed by atoms with Crippen LogP contribution in [-0.4, -0.2) is 19.0 Å². The van der Waals surface area contributed by atoms with Gasteiger partial charge in [-0.15, -0.1) is 0 Å². The van der Waals surface area contributed by atoms with Crippen LogP contribution in [0.2, 0.25) is 0 Å². The Morgan fingerprint density at radius 2 is 2.17 bits per heavy atom. The molecule has 0 saturated heterocycles. The van der Waals surface area contributed by atoms with Crippen LogP contribution in [0.1, 0.15) is 25.5 Å². The van der Waals surface area contributed by atoms with Gasteiger partial charge in [-0.3, -0.25) is 0 Å². The predicted octanol–water partition coefficient (Wildman–Crippen LogP) is 2.01. The second-order valence-corrected chi connectivity index (χ2v) is 4.69. The lowest BCUT2D eigenvalue weighted by Gasteiger charge is -2.23. The molecule has 2 rings (SSSR count). The second-order valence-electron chi connectivity index (χ2n) is 4.69. The topological polar surface area (TPSA) is 71.7 Å². The molecular formula is C13H15NO4. The lowest BCUT2D eigenvalue weighted by atomic mass is 9.84. The molecule has 5 heteroatoms. The van der Waals surface area contributed by atoms with E-state index in [0.717, 1.165) is 0 Å². The van der Waals surface area contributed by atoms with Gasteiger partial charge < -0.3 is 19.3 Å². The van der Waals surface area contributed by atoms with Gasteiger partial charge in [-0.05, 0) is 31.5 Å². The van der Waals surface area contributed by atoms with E-state index in [-0.39, 0.29) is 6.79 Å². The van der Waals surface area contributed by atoms with Crippen LogP contribution in [0.4, 0.5) is 0 Å². The number of rotatable bonds is 3. The molecule has 0 saturated carbocycles. The zero-order valence-electron chi connectivity index (χ0n) is 10.6. The summed E-state index contributed by atoms with van der Waals surface area (Å²) in [5.41, 5.74) is -0.318. The molecule has 1 aliphatic heterocycles. The zero-order chi connectivity index (χ0) is 13.3. The summed E-state index contributed by atoms with van der Waals surface area (Å²) in [6.45, 7) is 3.48. The van der Waals surface area contributed by atoms with E-state index in [9.17, 15) is 5.11 Å². The van der Waals surface area contributed by atoms with Gasteiger partial charge in [0.1, 0.15) is 0 Å². The number of nitrogens with zero attached hydrogens (tertiary/aromatic N) is 1. The molecule has 0 spiro atoms. The smallest absolute Gasteiger partial charge is 0.231 e. The van der Waals surface area contributed by atoms with E-state index in [2.05, 4.69) is 6.07 Å². The Morgan fingerprint density at radius 1 is 1.44 bits per heavy atom. The number of hydrogen-bond acceptors (Lipinski definition) is 5. The molecule has 1 aliphatic rings. The van der Waals surface area contributed by atoms with Gasteiger partial charge in [-0.25, -0.2) is 0 Å². The summed E-state index contributed by atoms with van der Waals surface area (Å²) >= 11 is 0. The molecule has 0 fully saturated rings. The minimum Gasteiger partial charge on any atom is -0.493 e. The van der Waals surface area contributed by atoms with Gasteiger partial charge in [0.05, 0.1) is 24.7 Å². The van der Waals surface area contributed by atoms with Gasteiger partial charge in [-0.2, -0.15) is 5.26 Å². The number of methoxy groups -OCH3 is 1. The van der Waals surface area contributed by atoms with Crippen LogP contribution < -0.4 is 14.2 Å². The molecule has 0 aliphatic carbocycles. The fraction of sp³-hybridized carbons (Fsp3) is 0.462. The largest absolute Gasteiger partial charge is 0.493 e. The first-order valence-electron chi connectivity index (χ1n) is 5.56. The fourth-order valence-corrected chi connectivity index (χ4v) is 1.79. The number of hydrogen-bond donors (Lipinski definition) is 1. The zero-order valence-corrected chi connectivity index (χ0v) is 10.6.